The molecule has 8 nitrogen and oxygen atoms in total. The Hall–Kier alpha value is -2.26. The number of aromatic nitrogens is 2. The zero-order valence-corrected chi connectivity index (χ0v) is 18.0. The molecule has 1 aliphatic heterocycles. The molecule has 0 unspecified atom stereocenters. The predicted molar refractivity (Wildman–Crippen MR) is 109 cm³/mol. The van der Waals surface area contributed by atoms with Crippen molar-refractivity contribution in [1.29, 1.82) is 0 Å². The number of hydrogen-bond acceptors (Lipinski definition) is 6. The molecule has 3 rings (SSSR count). The van der Waals surface area contributed by atoms with Gasteiger partial charge < -0.3 is 9.84 Å². The van der Waals surface area contributed by atoms with Crippen LogP contribution in [-0.2, 0) is 26.7 Å². The van der Waals surface area contributed by atoms with Crippen LogP contribution in [0.15, 0.2) is 33.7 Å². The minimum absolute atomic E-state index is 0.194. The number of carbonyl (C=O) groups is 1. The molecule has 1 amide bonds. The van der Waals surface area contributed by atoms with Crippen LogP contribution in [-0.4, -0.2) is 41.9 Å². The third kappa shape index (κ3) is 5.42. The lowest BCUT2D eigenvalue weighted by Gasteiger charge is -2.25. The summed E-state index contributed by atoms with van der Waals surface area (Å²) >= 11 is 0. The van der Waals surface area contributed by atoms with E-state index in [1.807, 2.05) is 20.8 Å². The molecule has 0 bridgehead atoms. The first-order chi connectivity index (χ1) is 13.7. The van der Waals surface area contributed by atoms with E-state index < -0.39 is 10.0 Å². The topological polar surface area (TPSA) is 105 Å². The Labute approximate surface area is 171 Å². The summed E-state index contributed by atoms with van der Waals surface area (Å²) in [5, 5.41) is 6.71. The van der Waals surface area contributed by atoms with Crippen molar-refractivity contribution in [3.63, 3.8) is 0 Å². The summed E-state index contributed by atoms with van der Waals surface area (Å²) in [6, 6.07) is 6.29. The molecule has 158 valence electrons. The zero-order valence-electron chi connectivity index (χ0n) is 17.1. The molecule has 0 radical (unpaired) electrons. The van der Waals surface area contributed by atoms with Crippen molar-refractivity contribution in [2.75, 3.05) is 18.4 Å². The number of sulfonamides is 1. The van der Waals surface area contributed by atoms with Crippen LogP contribution in [0.25, 0.3) is 0 Å². The van der Waals surface area contributed by atoms with Crippen LogP contribution in [0.5, 0.6) is 0 Å². The molecule has 1 aromatic heterocycles. The number of anilines is 1. The second-order valence-corrected chi connectivity index (χ2v) is 10.2. The van der Waals surface area contributed by atoms with Gasteiger partial charge in [0.2, 0.25) is 21.8 Å². The minimum atomic E-state index is -3.47. The molecule has 29 heavy (non-hydrogen) atoms. The first-order valence-corrected chi connectivity index (χ1v) is 11.3. The van der Waals surface area contributed by atoms with Crippen molar-refractivity contribution >= 4 is 21.6 Å². The molecule has 1 aliphatic rings. The molecule has 1 fully saturated rings. The van der Waals surface area contributed by atoms with E-state index in [4.69, 9.17) is 4.52 Å². The highest BCUT2D eigenvalue weighted by Gasteiger charge is 2.26. The fourth-order valence-corrected chi connectivity index (χ4v) is 4.59. The van der Waals surface area contributed by atoms with Gasteiger partial charge in [0.1, 0.15) is 0 Å². The van der Waals surface area contributed by atoms with Gasteiger partial charge in [0.15, 0.2) is 5.82 Å². The van der Waals surface area contributed by atoms with Gasteiger partial charge in [-0.05, 0) is 37.1 Å². The smallest absolute Gasteiger partial charge is 0.243 e. The maximum atomic E-state index is 12.7. The molecule has 0 atom stereocenters. The molecule has 9 heteroatoms. The van der Waals surface area contributed by atoms with Crippen molar-refractivity contribution < 1.29 is 17.7 Å². The maximum Gasteiger partial charge on any atom is 0.243 e. The number of hydrogen-bond donors (Lipinski definition) is 1. The lowest BCUT2D eigenvalue weighted by Crippen LogP contribution is -2.35. The van der Waals surface area contributed by atoms with Crippen LogP contribution in [0.1, 0.15) is 58.2 Å². The molecule has 1 aromatic carbocycles. The van der Waals surface area contributed by atoms with Crippen LogP contribution < -0.4 is 5.32 Å². The lowest BCUT2D eigenvalue weighted by atomic mass is 9.96. The Bertz CT molecular complexity index is 940. The van der Waals surface area contributed by atoms with Crippen LogP contribution in [0, 0.1) is 0 Å². The van der Waals surface area contributed by atoms with Gasteiger partial charge in [-0.3, -0.25) is 4.79 Å². The Morgan fingerprint density at radius 3 is 2.38 bits per heavy atom. The number of rotatable bonds is 6. The van der Waals surface area contributed by atoms with Crippen LogP contribution in [0.3, 0.4) is 0 Å². The molecular formula is C20H28N4O4S. The van der Waals surface area contributed by atoms with Crippen LogP contribution >= 0.6 is 0 Å². The second-order valence-electron chi connectivity index (χ2n) is 8.30. The van der Waals surface area contributed by atoms with E-state index in [1.54, 1.807) is 12.1 Å². The van der Waals surface area contributed by atoms with Crippen molar-refractivity contribution in [2.45, 2.75) is 63.2 Å². The highest BCUT2D eigenvalue weighted by atomic mass is 32.2. The van der Waals surface area contributed by atoms with E-state index in [0.717, 1.165) is 19.3 Å². The SMILES string of the molecule is CC(C)(C)c1noc(CCC(=O)Nc2ccc(S(=O)(=O)N3CCCCC3)cc2)n1. The van der Waals surface area contributed by atoms with Gasteiger partial charge in [0.05, 0.1) is 4.90 Å². The van der Waals surface area contributed by atoms with Crippen LogP contribution in [0.2, 0.25) is 0 Å². The third-order valence-corrected chi connectivity index (χ3v) is 6.71. The van der Waals surface area contributed by atoms with Crippen LogP contribution in [0.4, 0.5) is 5.69 Å². The Kier molecular flexibility index (Phi) is 6.38. The number of carbonyl (C=O) groups excluding carboxylic acids is 1. The maximum absolute atomic E-state index is 12.7. The van der Waals surface area contributed by atoms with E-state index in [-0.39, 0.29) is 22.6 Å². The highest BCUT2D eigenvalue weighted by Crippen LogP contribution is 2.22. The molecule has 1 saturated heterocycles. The van der Waals surface area contributed by atoms with Gasteiger partial charge in [-0.15, -0.1) is 0 Å². The molecule has 0 aliphatic carbocycles. The second kappa shape index (κ2) is 8.62. The average Bonchev–Trinajstić information content (AvgIpc) is 3.17. The molecule has 0 saturated carbocycles. The molecule has 1 N–H and O–H groups in total. The quantitative estimate of drug-likeness (QED) is 0.770. The number of nitrogens with one attached hydrogen (secondary N) is 1. The summed E-state index contributed by atoms with van der Waals surface area (Å²) in [5.74, 6) is 0.832. The van der Waals surface area contributed by atoms with Crippen molar-refractivity contribution in [3.8, 4) is 0 Å². The van der Waals surface area contributed by atoms with E-state index in [0.29, 0.717) is 36.9 Å². The number of aryl methyl sites for hydroxylation is 1. The minimum Gasteiger partial charge on any atom is -0.339 e. The van der Waals surface area contributed by atoms with Crippen molar-refractivity contribution in [2.24, 2.45) is 0 Å². The monoisotopic (exact) mass is 420 g/mol. The zero-order chi connectivity index (χ0) is 21.1. The van der Waals surface area contributed by atoms with Gasteiger partial charge in [0, 0.05) is 37.0 Å². The predicted octanol–water partition coefficient (Wildman–Crippen LogP) is 3.11. The summed E-state index contributed by atoms with van der Waals surface area (Å²) in [7, 11) is -3.47. The Balaban J connectivity index is 1.55. The summed E-state index contributed by atoms with van der Waals surface area (Å²) in [5.41, 5.74) is 0.341. The molecule has 2 aromatic rings. The summed E-state index contributed by atoms with van der Waals surface area (Å²) in [4.78, 5) is 16.8. The summed E-state index contributed by atoms with van der Waals surface area (Å²) < 4.78 is 32.1. The summed E-state index contributed by atoms with van der Waals surface area (Å²) in [6.07, 6.45) is 3.39. The van der Waals surface area contributed by atoms with Gasteiger partial charge in [-0.1, -0.05) is 32.3 Å². The van der Waals surface area contributed by atoms with Gasteiger partial charge >= 0.3 is 0 Å². The Morgan fingerprint density at radius 2 is 1.79 bits per heavy atom. The first kappa shape index (κ1) is 21.4. The van der Waals surface area contributed by atoms with E-state index in [9.17, 15) is 13.2 Å². The Morgan fingerprint density at radius 1 is 1.14 bits per heavy atom. The van der Waals surface area contributed by atoms with E-state index in [2.05, 4.69) is 15.5 Å². The largest absolute Gasteiger partial charge is 0.339 e. The van der Waals surface area contributed by atoms with E-state index in [1.165, 1.54) is 16.4 Å². The molecular weight excluding hydrogens is 392 g/mol. The standard InChI is InChI=1S/C20H28N4O4S/c1-20(2,3)19-22-18(28-23-19)12-11-17(25)21-15-7-9-16(10-8-15)29(26,27)24-13-5-4-6-14-24/h7-10H,4-6,11-14H2,1-3H3,(H,21,25). The normalized spacial score (nSPS) is 16.0. The highest BCUT2D eigenvalue weighted by molar-refractivity contribution is 7.89. The number of piperidine rings is 1. The third-order valence-electron chi connectivity index (χ3n) is 4.80. The number of nitrogens with zero attached hydrogens (tertiary/aromatic N) is 3. The fourth-order valence-electron chi connectivity index (χ4n) is 3.07. The van der Waals surface area contributed by atoms with Gasteiger partial charge in [0.25, 0.3) is 0 Å². The summed E-state index contributed by atoms with van der Waals surface area (Å²) in [6.45, 7) is 7.09. The molecule has 2 heterocycles. The number of amides is 1. The lowest BCUT2D eigenvalue weighted by molar-refractivity contribution is -0.116. The molecule has 0 spiro atoms. The van der Waals surface area contributed by atoms with Gasteiger partial charge in [-0.25, -0.2) is 8.42 Å². The van der Waals surface area contributed by atoms with Crippen molar-refractivity contribution in [3.05, 3.63) is 36.0 Å². The van der Waals surface area contributed by atoms with Gasteiger partial charge in [-0.2, -0.15) is 9.29 Å². The van der Waals surface area contributed by atoms with E-state index >= 15 is 0 Å². The van der Waals surface area contributed by atoms with Crippen molar-refractivity contribution in [1.82, 2.24) is 14.4 Å². The number of benzene rings is 1. The fraction of sp³-hybridized carbons (Fsp3) is 0.550. The first-order valence-electron chi connectivity index (χ1n) is 9.89. The average molecular weight is 421 g/mol.